The van der Waals surface area contributed by atoms with Gasteiger partial charge in [-0.3, -0.25) is 4.79 Å². The minimum atomic E-state index is 0.183. The van der Waals surface area contributed by atoms with Crippen molar-refractivity contribution in [3.05, 3.63) is 24.3 Å². The van der Waals surface area contributed by atoms with E-state index in [0.717, 1.165) is 24.3 Å². The van der Waals surface area contributed by atoms with E-state index in [1.165, 1.54) is 25.8 Å². The summed E-state index contributed by atoms with van der Waals surface area (Å²) < 4.78 is 0. The highest BCUT2D eigenvalue weighted by atomic mass is 16.2. The smallest absolute Gasteiger partial charge is 0.246 e. The molecule has 0 saturated carbocycles. The van der Waals surface area contributed by atoms with Crippen LogP contribution in [0.3, 0.4) is 0 Å². The second-order valence-corrected chi connectivity index (χ2v) is 5.83. The van der Waals surface area contributed by atoms with E-state index in [2.05, 4.69) is 17.3 Å². The van der Waals surface area contributed by atoms with Gasteiger partial charge in [0, 0.05) is 12.6 Å². The van der Waals surface area contributed by atoms with Crippen molar-refractivity contribution in [2.75, 3.05) is 36.9 Å². The van der Waals surface area contributed by atoms with Crippen molar-refractivity contribution in [3.63, 3.8) is 0 Å². The molecule has 2 aliphatic heterocycles. The first kappa shape index (κ1) is 13.4. The zero-order valence-electron chi connectivity index (χ0n) is 12.1. The van der Waals surface area contributed by atoms with Crippen molar-refractivity contribution in [3.8, 4) is 0 Å². The normalized spacial score (nSPS) is 23.4. The number of hydrogen-bond acceptors (Lipinski definition) is 3. The van der Waals surface area contributed by atoms with Gasteiger partial charge in [-0.2, -0.15) is 0 Å². The molecule has 4 nitrogen and oxygen atoms in total. The summed E-state index contributed by atoms with van der Waals surface area (Å²) in [5.74, 6) is 0.183. The molecule has 0 radical (unpaired) electrons. The van der Waals surface area contributed by atoms with Gasteiger partial charge in [-0.25, -0.2) is 0 Å². The summed E-state index contributed by atoms with van der Waals surface area (Å²) in [5.41, 5.74) is 2.10. The van der Waals surface area contributed by atoms with Crippen LogP contribution >= 0.6 is 0 Å². The molecular weight excluding hydrogens is 250 g/mol. The first-order valence-electron chi connectivity index (χ1n) is 7.59. The summed E-state index contributed by atoms with van der Waals surface area (Å²) in [7, 11) is 2.21. The van der Waals surface area contributed by atoms with Gasteiger partial charge in [0.25, 0.3) is 0 Å². The standard InChI is InChI=1S/C16H23N3O/c1-18-10-5-4-6-13(18)9-11-19-15-8-3-2-7-14(15)17-12-16(19)20/h2-3,7-8,13,17H,4-6,9-12H2,1H3. The van der Waals surface area contributed by atoms with Crippen molar-refractivity contribution in [2.24, 2.45) is 0 Å². The highest BCUT2D eigenvalue weighted by Gasteiger charge is 2.25. The summed E-state index contributed by atoms with van der Waals surface area (Å²) in [6.07, 6.45) is 4.96. The fourth-order valence-corrected chi connectivity index (χ4v) is 3.29. The number of amides is 1. The molecule has 2 aliphatic rings. The fourth-order valence-electron chi connectivity index (χ4n) is 3.29. The van der Waals surface area contributed by atoms with E-state index >= 15 is 0 Å². The first-order valence-corrected chi connectivity index (χ1v) is 7.59. The van der Waals surface area contributed by atoms with E-state index in [9.17, 15) is 4.79 Å². The topological polar surface area (TPSA) is 35.6 Å². The Morgan fingerprint density at radius 2 is 2.15 bits per heavy atom. The number of rotatable bonds is 3. The van der Waals surface area contributed by atoms with Gasteiger partial charge < -0.3 is 15.1 Å². The van der Waals surface area contributed by atoms with Gasteiger partial charge in [0.15, 0.2) is 0 Å². The summed E-state index contributed by atoms with van der Waals surface area (Å²) in [6.45, 7) is 2.43. The Hall–Kier alpha value is -1.55. The molecule has 3 rings (SSSR count). The maximum Gasteiger partial charge on any atom is 0.246 e. The van der Waals surface area contributed by atoms with Crippen LogP contribution in [-0.4, -0.2) is 43.5 Å². The summed E-state index contributed by atoms with van der Waals surface area (Å²) in [5, 5.41) is 3.19. The van der Waals surface area contributed by atoms with Gasteiger partial charge in [-0.15, -0.1) is 0 Å². The molecule has 20 heavy (non-hydrogen) atoms. The number of para-hydroxylation sites is 2. The number of benzene rings is 1. The third kappa shape index (κ3) is 2.66. The predicted octanol–water partition coefficient (Wildman–Crippen LogP) is 2.32. The molecule has 1 aromatic rings. The lowest BCUT2D eigenvalue weighted by Gasteiger charge is -2.35. The highest BCUT2D eigenvalue weighted by molar-refractivity contribution is 6.02. The second kappa shape index (κ2) is 5.83. The van der Waals surface area contributed by atoms with E-state index in [0.29, 0.717) is 12.6 Å². The second-order valence-electron chi connectivity index (χ2n) is 5.83. The maximum atomic E-state index is 12.2. The van der Waals surface area contributed by atoms with Crippen LogP contribution in [0, 0.1) is 0 Å². The minimum absolute atomic E-state index is 0.183. The molecule has 1 N–H and O–H groups in total. The third-order valence-electron chi connectivity index (χ3n) is 4.53. The van der Waals surface area contributed by atoms with Crippen LogP contribution in [0.1, 0.15) is 25.7 Å². The van der Waals surface area contributed by atoms with Crippen molar-refractivity contribution in [1.82, 2.24) is 4.90 Å². The molecule has 1 saturated heterocycles. The molecule has 2 heterocycles. The molecule has 0 aromatic heterocycles. The number of hydrogen-bond donors (Lipinski definition) is 1. The van der Waals surface area contributed by atoms with Crippen LogP contribution in [0.5, 0.6) is 0 Å². The first-order chi connectivity index (χ1) is 9.75. The van der Waals surface area contributed by atoms with Crippen LogP contribution in [-0.2, 0) is 4.79 Å². The third-order valence-corrected chi connectivity index (χ3v) is 4.53. The lowest BCUT2D eigenvalue weighted by molar-refractivity contribution is -0.117. The molecular formula is C16H23N3O. The summed E-state index contributed by atoms with van der Waals surface area (Å²) in [4.78, 5) is 16.6. The quantitative estimate of drug-likeness (QED) is 0.918. The lowest BCUT2D eigenvalue weighted by Crippen LogP contribution is -2.44. The zero-order valence-corrected chi connectivity index (χ0v) is 12.1. The van der Waals surface area contributed by atoms with E-state index in [4.69, 9.17) is 0 Å². The Kier molecular flexibility index (Phi) is 3.92. The van der Waals surface area contributed by atoms with Crippen LogP contribution in [0.2, 0.25) is 0 Å². The number of nitrogens with one attached hydrogen (secondary N) is 1. The molecule has 108 valence electrons. The van der Waals surface area contributed by atoms with E-state index < -0.39 is 0 Å². The SMILES string of the molecule is CN1CCCCC1CCN1C(=O)CNc2ccccc21. The Balaban J connectivity index is 1.69. The lowest BCUT2D eigenvalue weighted by atomic mass is 9.99. The van der Waals surface area contributed by atoms with Gasteiger partial charge in [0.05, 0.1) is 17.9 Å². The van der Waals surface area contributed by atoms with Crippen molar-refractivity contribution in [2.45, 2.75) is 31.7 Å². The zero-order chi connectivity index (χ0) is 13.9. The average molecular weight is 273 g/mol. The largest absolute Gasteiger partial charge is 0.374 e. The molecule has 0 aliphatic carbocycles. The minimum Gasteiger partial charge on any atom is -0.374 e. The van der Waals surface area contributed by atoms with Gasteiger partial charge in [-0.05, 0) is 45.0 Å². The number of anilines is 2. The molecule has 1 aromatic carbocycles. The average Bonchev–Trinajstić information content (AvgIpc) is 2.48. The van der Waals surface area contributed by atoms with Crippen LogP contribution in [0.15, 0.2) is 24.3 Å². The van der Waals surface area contributed by atoms with Gasteiger partial charge in [0.1, 0.15) is 0 Å². The number of carbonyl (C=O) groups is 1. The van der Waals surface area contributed by atoms with Crippen LogP contribution in [0.25, 0.3) is 0 Å². The van der Waals surface area contributed by atoms with Crippen LogP contribution < -0.4 is 10.2 Å². The van der Waals surface area contributed by atoms with Gasteiger partial charge >= 0.3 is 0 Å². The molecule has 0 spiro atoms. The molecule has 4 heteroatoms. The van der Waals surface area contributed by atoms with Crippen molar-refractivity contribution >= 4 is 17.3 Å². The van der Waals surface area contributed by atoms with Gasteiger partial charge in [-0.1, -0.05) is 18.6 Å². The predicted molar refractivity (Wildman–Crippen MR) is 82.2 cm³/mol. The monoisotopic (exact) mass is 273 g/mol. The number of likely N-dealkylation sites (tertiary alicyclic amines) is 1. The van der Waals surface area contributed by atoms with Crippen LogP contribution in [0.4, 0.5) is 11.4 Å². The van der Waals surface area contributed by atoms with Crippen molar-refractivity contribution < 1.29 is 4.79 Å². The Morgan fingerprint density at radius 3 is 3.00 bits per heavy atom. The molecule has 0 bridgehead atoms. The number of fused-ring (bicyclic) bond motifs is 1. The molecule has 1 fully saturated rings. The van der Waals surface area contributed by atoms with Gasteiger partial charge in [0.2, 0.25) is 5.91 Å². The molecule has 1 unspecified atom stereocenters. The number of piperidine rings is 1. The number of nitrogens with zero attached hydrogens (tertiary/aromatic N) is 2. The summed E-state index contributed by atoms with van der Waals surface area (Å²) >= 11 is 0. The van der Waals surface area contributed by atoms with Crippen molar-refractivity contribution in [1.29, 1.82) is 0 Å². The van der Waals surface area contributed by atoms with E-state index in [-0.39, 0.29) is 5.91 Å². The molecule has 1 atom stereocenters. The summed E-state index contributed by atoms with van der Waals surface area (Å²) in [6, 6.07) is 8.71. The fraction of sp³-hybridized carbons (Fsp3) is 0.562. The maximum absolute atomic E-state index is 12.2. The number of carbonyl (C=O) groups excluding carboxylic acids is 1. The van der Waals surface area contributed by atoms with E-state index in [1.54, 1.807) is 0 Å². The molecule has 1 amide bonds. The van der Waals surface area contributed by atoms with E-state index in [1.807, 2.05) is 29.2 Å². The Bertz CT molecular complexity index is 488. The Labute approximate surface area is 120 Å². The Morgan fingerprint density at radius 1 is 1.30 bits per heavy atom. The highest BCUT2D eigenvalue weighted by Crippen LogP contribution is 2.29.